The van der Waals surface area contributed by atoms with Gasteiger partial charge in [-0.3, -0.25) is 4.79 Å². The van der Waals surface area contributed by atoms with E-state index >= 15 is 0 Å². The molecule has 1 atom stereocenters. The standard InChI is InChI=1S/C9H10O4.C3H4O3/c1-9(8(12)13)4-2-3-6(5-9)7(10)11;1-2-6-3(4)5/h2-4H,5H2,1H3,(H,10,11)(H,12,13);2H,1H2,(H,4,5). The van der Waals surface area contributed by atoms with E-state index in [1.165, 1.54) is 25.2 Å². The molecule has 0 fully saturated rings. The number of carbonyl (C=O) groups is 3. The summed E-state index contributed by atoms with van der Waals surface area (Å²) in [5.41, 5.74) is -0.949. The first-order valence-electron chi connectivity index (χ1n) is 5.08. The van der Waals surface area contributed by atoms with Gasteiger partial charge < -0.3 is 20.1 Å². The van der Waals surface area contributed by atoms with E-state index in [0.29, 0.717) is 0 Å². The fraction of sp³-hybridized carbons (Fsp3) is 0.250. The lowest BCUT2D eigenvalue weighted by Crippen LogP contribution is -2.28. The Bertz CT molecular complexity index is 447. The predicted octanol–water partition coefficient (Wildman–Crippen LogP) is 1.87. The number of carboxylic acids is 2. The van der Waals surface area contributed by atoms with E-state index in [2.05, 4.69) is 11.3 Å². The molecule has 0 aromatic rings. The van der Waals surface area contributed by atoms with Crippen LogP contribution >= 0.6 is 0 Å². The van der Waals surface area contributed by atoms with Crippen molar-refractivity contribution < 1.29 is 34.4 Å². The molecule has 19 heavy (non-hydrogen) atoms. The highest BCUT2D eigenvalue weighted by atomic mass is 16.7. The quantitative estimate of drug-likeness (QED) is 0.528. The minimum Gasteiger partial charge on any atom is -0.481 e. The Morgan fingerprint density at radius 3 is 2.26 bits per heavy atom. The smallest absolute Gasteiger partial charge is 0.481 e. The molecule has 0 aliphatic heterocycles. The Balaban J connectivity index is 0.000000459. The summed E-state index contributed by atoms with van der Waals surface area (Å²) in [6, 6.07) is 0. The highest BCUT2D eigenvalue weighted by Crippen LogP contribution is 2.31. The molecule has 0 saturated heterocycles. The first-order valence-corrected chi connectivity index (χ1v) is 5.08. The Labute approximate surface area is 109 Å². The molecule has 3 N–H and O–H groups in total. The molecule has 1 aliphatic carbocycles. The molecule has 1 rings (SSSR count). The summed E-state index contributed by atoms with van der Waals surface area (Å²) in [6.45, 7) is 4.50. The molecule has 1 unspecified atom stereocenters. The number of ether oxygens (including phenoxy) is 1. The van der Waals surface area contributed by atoms with Crippen molar-refractivity contribution in [1.29, 1.82) is 0 Å². The van der Waals surface area contributed by atoms with Gasteiger partial charge >= 0.3 is 18.1 Å². The lowest BCUT2D eigenvalue weighted by atomic mass is 9.80. The van der Waals surface area contributed by atoms with Crippen LogP contribution in [-0.4, -0.2) is 33.4 Å². The third-order valence-electron chi connectivity index (χ3n) is 2.27. The van der Waals surface area contributed by atoms with Crippen molar-refractivity contribution in [2.24, 2.45) is 5.41 Å². The lowest BCUT2D eigenvalue weighted by Gasteiger charge is -2.23. The Kier molecular flexibility index (Phi) is 6.05. The highest BCUT2D eigenvalue weighted by molar-refractivity contribution is 5.90. The van der Waals surface area contributed by atoms with E-state index in [0.717, 1.165) is 6.26 Å². The summed E-state index contributed by atoms with van der Waals surface area (Å²) in [5.74, 6) is -2.06. The molecular formula is C12H14O7. The second kappa shape index (κ2) is 7.00. The number of hydrogen-bond acceptors (Lipinski definition) is 4. The monoisotopic (exact) mass is 270 g/mol. The zero-order valence-corrected chi connectivity index (χ0v) is 10.2. The second-order valence-electron chi connectivity index (χ2n) is 3.81. The summed E-state index contributed by atoms with van der Waals surface area (Å²) in [7, 11) is 0. The van der Waals surface area contributed by atoms with E-state index in [1.54, 1.807) is 0 Å². The number of allylic oxidation sites excluding steroid dienone is 2. The van der Waals surface area contributed by atoms with Crippen LogP contribution in [0.4, 0.5) is 4.79 Å². The Morgan fingerprint density at radius 2 is 1.95 bits per heavy atom. The van der Waals surface area contributed by atoms with Gasteiger partial charge in [0, 0.05) is 5.57 Å². The van der Waals surface area contributed by atoms with Crippen molar-refractivity contribution in [1.82, 2.24) is 0 Å². The van der Waals surface area contributed by atoms with Crippen molar-refractivity contribution in [2.75, 3.05) is 0 Å². The van der Waals surface area contributed by atoms with Gasteiger partial charge in [-0.25, -0.2) is 9.59 Å². The summed E-state index contributed by atoms with van der Waals surface area (Å²) in [6.07, 6.45) is 3.96. The van der Waals surface area contributed by atoms with Gasteiger partial charge in [0.2, 0.25) is 0 Å². The minimum absolute atomic E-state index is 0.0359. The van der Waals surface area contributed by atoms with Crippen LogP contribution in [0.2, 0.25) is 0 Å². The summed E-state index contributed by atoms with van der Waals surface area (Å²) in [5, 5.41) is 25.1. The molecule has 0 radical (unpaired) electrons. The Morgan fingerprint density at radius 1 is 1.37 bits per heavy atom. The molecule has 0 spiro atoms. The van der Waals surface area contributed by atoms with Crippen LogP contribution in [-0.2, 0) is 14.3 Å². The molecule has 0 bridgehead atoms. The SMILES string of the molecule is C=COC(=O)O.CC1(C(=O)O)C=CC=C(C(=O)O)C1. The fourth-order valence-corrected chi connectivity index (χ4v) is 1.26. The zero-order valence-electron chi connectivity index (χ0n) is 10.2. The number of carboxylic acid groups (broad SMARTS) is 3. The van der Waals surface area contributed by atoms with Crippen LogP contribution in [0.3, 0.4) is 0 Å². The molecule has 0 saturated carbocycles. The molecule has 0 amide bonds. The third-order valence-corrected chi connectivity index (χ3v) is 2.27. The van der Waals surface area contributed by atoms with Gasteiger partial charge in [0.15, 0.2) is 0 Å². The molecule has 0 heterocycles. The van der Waals surface area contributed by atoms with Gasteiger partial charge in [0.05, 0.1) is 11.7 Å². The van der Waals surface area contributed by atoms with Crippen molar-refractivity contribution in [3.8, 4) is 0 Å². The van der Waals surface area contributed by atoms with Crippen LogP contribution in [0.25, 0.3) is 0 Å². The van der Waals surface area contributed by atoms with Crippen LogP contribution in [0.5, 0.6) is 0 Å². The maximum atomic E-state index is 10.8. The van der Waals surface area contributed by atoms with Crippen LogP contribution in [0.1, 0.15) is 13.3 Å². The van der Waals surface area contributed by atoms with Crippen molar-refractivity contribution in [3.05, 3.63) is 36.6 Å². The average Bonchev–Trinajstić information content (AvgIpc) is 2.29. The summed E-state index contributed by atoms with van der Waals surface area (Å²) < 4.78 is 3.72. The van der Waals surface area contributed by atoms with Crippen LogP contribution in [0.15, 0.2) is 36.6 Å². The highest BCUT2D eigenvalue weighted by Gasteiger charge is 2.34. The molecule has 0 aromatic carbocycles. The molecule has 7 nitrogen and oxygen atoms in total. The van der Waals surface area contributed by atoms with Crippen molar-refractivity contribution >= 4 is 18.1 Å². The lowest BCUT2D eigenvalue weighted by molar-refractivity contribution is -0.145. The fourth-order valence-electron chi connectivity index (χ4n) is 1.26. The first kappa shape index (κ1) is 16.4. The largest absolute Gasteiger partial charge is 0.510 e. The van der Waals surface area contributed by atoms with Crippen molar-refractivity contribution in [3.63, 3.8) is 0 Å². The van der Waals surface area contributed by atoms with E-state index in [4.69, 9.17) is 15.3 Å². The molecule has 0 aromatic heterocycles. The van der Waals surface area contributed by atoms with Gasteiger partial charge in [-0.2, -0.15) is 0 Å². The van der Waals surface area contributed by atoms with Gasteiger partial charge in [0.1, 0.15) is 0 Å². The third kappa shape index (κ3) is 5.53. The minimum atomic E-state index is -1.33. The van der Waals surface area contributed by atoms with E-state index < -0.39 is 23.5 Å². The van der Waals surface area contributed by atoms with E-state index in [-0.39, 0.29) is 12.0 Å². The maximum absolute atomic E-state index is 10.8. The van der Waals surface area contributed by atoms with Crippen LogP contribution < -0.4 is 0 Å². The second-order valence-corrected chi connectivity index (χ2v) is 3.81. The zero-order chi connectivity index (χ0) is 15.1. The maximum Gasteiger partial charge on any atom is 0.510 e. The molecule has 1 aliphatic rings. The van der Waals surface area contributed by atoms with Gasteiger partial charge in [-0.1, -0.05) is 24.8 Å². The van der Waals surface area contributed by atoms with Gasteiger partial charge in [0.25, 0.3) is 0 Å². The van der Waals surface area contributed by atoms with Crippen molar-refractivity contribution in [2.45, 2.75) is 13.3 Å². The van der Waals surface area contributed by atoms with Gasteiger partial charge in [-0.15, -0.1) is 0 Å². The normalized spacial score (nSPS) is 20.4. The molecular weight excluding hydrogens is 256 g/mol. The topological polar surface area (TPSA) is 121 Å². The average molecular weight is 270 g/mol. The van der Waals surface area contributed by atoms with E-state index in [1.807, 2.05) is 0 Å². The summed E-state index contributed by atoms with van der Waals surface area (Å²) >= 11 is 0. The number of hydrogen-bond donors (Lipinski definition) is 3. The van der Waals surface area contributed by atoms with E-state index in [9.17, 15) is 14.4 Å². The molecule has 104 valence electrons. The summed E-state index contributed by atoms with van der Waals surface area (Å²) in [4.78, 5) is 30.6. The number of aliphatic carboxylic acids is 2. The Hall–Kier alpha value is -2.57. The predicted molar refractivity (Wildman–Crippen MR) is 64.5 cm³/mol. The van der Waals surface area contributed by atoms with Gasteiger partial charge in [-0.05, 0) is 13.3 Å². The number of rotatable bonds is 3. The first-order chi connectivity index (χ1) is 8.73. The molecule has 7 heteroatoms. The van der Waals surface area contributed by atoms with Crippen LogP contribution in [0, 0.1) is 5.41 Å².